The van der Waals surface area contributed by atoms with Crippen LogP contribution in [0.25, 0.3) is 0 Å². The third kappa shape index (κ3) is 25.1. The SMILES string of the molecule is CCCCCCCCCCCCCCCCCCCCCCCCCCCCCCCCCCCCCCCCCCC(=O)OC1CCC2(C)C(=CCC3C2CCC2(C)C(C(C)CCCC(C)C)CCC32)C1. The molecule has 0 heterocycles. The Labute approximate surface area is 452 Å². The van der Waals surface area contributed by atoms with E-state index in [0.29, 0.717) is 17.3 Å². The molecule has 0 aromatic rings. The van der Waals surface area contributed by atoms with Gasteiger partial charge in [0.1, 0.15) is 6.10 Å². The Morgan fingerprint density at radius 2 is 0.889 bits per heavy atom. The van der Waals surface area contributed by atoms with Crippen LogP contribution in [0.15, 0.2) is 11.6 Å². The maximum absolute atomic E-state index is 13.0. The summed E-state index contributed by atoms with van der Waals surface area (Å²) in [5, 5.41) is 0. The molecule has 0 radical (unpaired) electrons. The number of esters is 1. The molecule has 8 unspecified atom stereocenters. The minimum atomic E-state index is 0.0718. The van der Waals surface area contributed by atoms with Crippen LogP contribution in [0.1, 0.15) is 375 Å². The summed E-state index contributed by atoms with van der Waals surface area (Å²) in [7, 11) is 0. The molecule has 0 N–H and O–H groups in total. The zero-order valence-corrected chi connectivity index (χ0v) is 50.2. The number of carbonyl (C=O) groups is 1. The van der Waals surface area contributed by atoms with E-state index in [2.05, 4.69) is 47.6 Å². The molecule has 72 heavy (non-hydrogen) atoms. The monoisotopic (exact) mass is 1000 g/mol. The first-order chi connectivity index (χ1) is 35.2. The number of hydrogen-bond donors (Lipinski definition) is 0. The van der Waals surface area contributed by atoms with Gasteiger partial charge in [-0.3, -0.25) is 4.79 Å². The van der Waals surface area contributed by atoms with E-state index in [0.717, 1.165) is 54.8 Å². The van der Waals surface area contributed by atoms with Gasteiger partial charge in [0.2, 0.25) is 0 Å². The molecule has 0 aliphatic heterocycles. The fourth-order valence-corrected chi connectivity index (χ4v) is 16.1. The van der Waals surface area contributed by atoms with E-state index in [1.165, 1.54) is 308 Å². The van der Waals surface area contributed by atoms with Crippen LogP contribution in [0.5, 0.6) is 0 Å². The molecule has 0 aromatic heterocycles. The van der Waals surface area contributed by atoms with Crippen LogP contribution in [0.2, 0.25) is 0 Å². The quantitative estimate of drug-likeness (QED) is 0.0345. The average molecular weight is 1000 g/mol. The molecule has 2 heteroatoms. The van der Waals surface area contributed by atoms with E-state index in [9.17, 15) is 4.79 Å². The maximum Gasteiger partial charge on any atom is 0.306 e. The highest BCUT2D eigenvalue weighted by atomic mass is 16.5. The smallest absolute Gasteiger partial charge is 0.306 e. The zero-order valence-electron chi connectivity index (χ0n) is 50.2. The predicted octanol–water partition coefficient (Wildman–Crippen LogP) is 24.0. The van der Waals surface area contributed by atoms with Gasteiger partial charge in [0, 0.05) is 12.8 Å². The molecule has 3 saturated carbocycles. The third-order valence-electron chi connectivity index (χ3n) is 20.8. The fraction of sp³-hybridized carbons (Fsp3) is 0.957. The molecule has 4 aliphatic rings. The van der Waals surface area contributed by atoms with Crippen LogP contribution in [0, 0.1) is 46.3 Å². The van der Waals surface area contributed by atoms with Crippen LogP contribution in [-0.4, -0.2) is 12.1 Å². The highest BCUT2D eigenvalue weighted by molar-refractivity contribution is 5.69. The first-order valence-corrected chi connectivity index (χ1v) is 34.1. The predicted molar refractivity (Wildman–Crippen MR) is 318 cm³/mol. The first kappa shape index (κ1) is 63.7. The largest absolute Gasteiger partial charge is 0.462 e. The standard InChI is InChI=1S/C70H130O2/c1-7-8-9-10-11-12-13-14-15-16-17-18-19-20-21-22-23-24-25-26-27-28-29-30-31-32-33-34-35-36-37-38-39-40-41-42-43-44-45-46-50-68(71)72-63-55-57-69(5)62(59-63)51-52-64-66-54-53-65(61(4)49-47-48-60(2)3)70(66,6)58-56-67(64)69/h51,60-61,63-67H,7-50,52-59H2,1-6H3. The molecular weight excluding hydrogens is 873 g/mol. The van der Waals surface area contributed by atoms with Crippen molar-refractivity contribution in [1.82, 2.24) is 0 Å². The molecule has 4 rings (SSSR count). The lowest BCUT2D eigenvalue weighted by atomic mass is 9.47. The van der Waals surface area contributed by atoms with Gasteiger partial charge < -0.3 is 4.74 Å². The van der Waals surface area contributed by atoms with Gasteiger partial charge in [0.05, 0.1) is 0 Å². The zero-order chi connectivity index (χ0) is 51.4. The maximum atomic E-state index is 13.0. The Balaban J connectivity index is 0.833. The van der Waals surface area contributed by atoms with E-state index in [1.807, 2.05) is 0 Å². The summed E-state index contributed by atoms with van der Waals surface area (Å²) >= 11 is 0. The van der Waals surface area contributed by atoms with Crippen molar-refractivity contribution in [1.29, 1.82) is 0 Å². The van der Waals surface area contributed by atoms with E-state index < -0.39 is 0 Å². The van der Waals surface area contributed by atoms with Gasteiger partial charge in [-0.15, -0.1) is 0 Å². The van der Waals surface area contributed by atoms with Crippen LogP contribution in [0.4, 0.5) is 0 Å². The van der Waals surface area contributed by atoms with Crippen molar-refractivity contribution in [3.63, 3.8) is 0 Å². The third-order valence-corrected chi connectivity index (χ3v) is 20.8. The minimum Gasteiger partial charge on any atom is -0.462 e. The van der Waals surface area contributed by atoms with Crippen LogP contribution < -0.4 is 0 Å². The number of allylic oxidation sites excluding steroid dienone is 1. The van der Waals surface area contributed by atoms with Crippen molar-refractivity contribution in [2.45, 2.75) is 382 Å². The van der Waals surface area contributed by atoms with Crippen LogP contribution in [0.3, 0.4) is 0 Å². The molecule has 422 valence electrons. The molecule has 8 atom stereocenters. The lowest BCUT2D eigenvalue weighted by Gasteiger charge is -2.58. The number of ether oxygens (including phenoxy) is 1. The summed E-state index contributed by atoms with van der Waals surface area (Å²) in [5.74, 6) is 5.34. The summed E-state index contributed by atoms with van der Waals surface area (Å²) in [6.07, 6.45) is 75.6. The number of unbranched alkanes of at least 4 members (excludes halogenated alkanes) is 39. The van der Waals surface area contributed by atoms with Crippen molar-refractivity contribution < 1.29 is 9.53 Å². The topological polar surface area (TPSA) is 26.3 Å². The lowest BCUT2D eigenvalue weighted by molar-refractivity contribution is -0.151. The number of hydrogen-bond acceptors (Lipinski definition) is 2. The van der Waals surface area contributed by atoms with Gasteiger partial charge in [-0.05, 0) is 97.7 Å². The Morgan fingerprint density at radius 1 is 0.486 bits per heavy atom. The van der Waals surface area contributed by atoms with Crippen molar-refractivity contribution in [3.8, 4) is 0 Å². The van der Waals surface area contributed by atoms with Crippen molar-refractivity contribution in [3.05, 3.63) is 11.6 Å². The minimum absolute atomic E-state index is 0.0718. The first-order valence-electron chi connectivity index (χ1n) is 34.1. The Kier molecular flexibility index (Phi) is 35.0. The van der Waals surface area contributed by atoms with Gasteiger partial charge in [-0.25, -0.2) is 0 Å². The van der Waals surface area contributed by atoms with Crippen LogP contribution in [-0.2, 0) is 9.53 Å². The Morgan fingerprint density at radius 3 is 1.29 bits per heavy atom. The summed E-state index contributed by atoms with van der Waals surface area (Å²) in [6.45, 7) is 15.0. The summed E-state index contributed by atoms with van der Waals surface area (Å²) in [5.41, 5.74) is 2.54. The molecular formula is C70H130O2. The number of fused-ring (bicyclic) bond motifs is 5. The molecule has 0 spiro atoms. The fourth-order valence-electron chi connectivity index (χ4n) is 16.1. The van der Waals surface area contributed by atoms with E-state index >= 15 is 0 Å². The van der Waals surface area contributed by atoms with Gasteiger partial charge in [-0.1, -0.05) is 323 Å². The van der Waals surface area contributed by atoms with Gasteiger partial charge in [0.15, 0.2) is 0 Å². The second-order valence-corrected chi connectivity index (χ2v) is 27.2. The van der Waals surface area contributed by atoms with E-state index in [4.69, 9.17) is 4.74 Å². The molecule has 0 saturated heterocycles. The second kappa shape index (κ2) is 39.6. The van der Waals surface area contributed by atoms with Crippen molar-refractivity contribution in [2.75, 3.05) is 0 Å². The molecule has 4 aliphatic carbocycles. The van der Waals surface area contributed by atoms with E-state index in [1.54, 1.807) is 5.57 Å². The van der Waals surface area contributed by atoms with Crippen molar-refractivity contribution in [2.24, 2.45) is 46.3 Å². The molecule has 0 amide bonds. The normalized spacial score (nSPS) is 25.3. The summed E-state index contributed by atoms with van der Waals surface area (Å²) in [4.78, 5) is 13.0. The average Bonchev–Trinajstić information content (AvgIpc) is 3.73. The molecule has 0 bridgehead atoms. The Bertz CT molecular complexity index is 1330. The number of rotatable bonds is 47. The molecule has 3 fully saturated rings. The highest BCUT2D eigenvalue weighted by Crippen LogP contribution is 2.67. The van der Waals surface area contributed by atoms with E-state index in [-0.39, 0.29) is 12.1 Å². The molecule has 2 nitrogen and oxygen atoms in total. The van der Waals surface area contributed by atoms with Gasteiger partial charge in [-0.2, -0.15) is 0 Å². The van der Waals surface area contributed by atoms with Gasteiger partial charge >= 0.3 is 5.97 Å². The highest BCUT2D eigenvalue weighted by Gasteiger charge is 2.59. The summed E-state index contributed by atoms with van der Waals surface area (Å²) in [6, 6.07) is 0. The Hall–Kier alpha value is -0.790. The lowest BCUT2D eigenvalue weighted by Crippen LogP contribution is -2.51. The number of carbonyl (C=O) groups excluding carboxylic acids is 1. The van der Waals surface area contributed by atoms with Gasteiger partial charge in [0.25, 0.3) is 0 Å². The van der Waals surface area contributed by atoms with Crippen molar-refractivity contribution >= 4 is 5.97 Å². The second-order valence-electron chi connectivity index (χ2n) is 27.2. The van der Waals surface area contributed by atoms with Crippen LogP contribution >= 0.6 is 0 Å². The molecule has 0 aromatic carbocycles. The summed E-state index contributed by atoms with van der Waals surface area (Å²) < 4.78 is 6.19.